The summed E-state index contributed by atoms with van der Waals surface area (Å²) in [7, 11) is 0. The summed E-state index contributed by atoms with van der Waals surface area (Å²) in [5, 5.41) is 10.3. The van der Waals surface area contributed by atoms with Crippen LogP contribution in [-0.2, 0) is 19.1 Å². The Balaban J connectivity index is 3.13. The topological polar surface area (TPSA) is 67.7 Å². The molecule has 0 aliphatic heterocycles. The number of alkyl halides is 3. The fourth-order valence-corrected chi connectivity index (χ4v) is 1.21. The molecule has 0 atom stereocenters. The molecule has 0 aliphatic carbocycles. The first kappa shape index (κ1) is 12.1. The first-order valence-electron chi connectivity index (χ1n) is 4.24. The Labute approximate surface area is 89.7 Å². The summed E-state index contributed by atoms with van der Waals surface area (Å²) in [6.45, 7) is -0.0546. The fraction of sp³-hybridized carbons (Fsp3) is 0.333. The average molecular weight is 230 g/mol. The second-order valence-electron chi connectivity index (χ2n) is 3.10. The summed E-state index contributed by atoms with van der Waals surface area (Å²) in [5.41, 5.74) is 3.87. The van der Waals surface area contributed by atoms with E-state index < -0.39 is 11.9 Å². The van der Waals surface area contributed by atoms with E-state index in [9.17, 15) is 13.2 Å². The van der Waals surface area contributed by atoms with Gasteiger partial charge in [-0.2, -0.15) is 18.3 Å². The van der Waals surface area contributed by atoms with Gasteiger partial charge in [-0.05, 0) is 0 Å². The average Bonchev–Trinajstić information content (AvgIpc) is 2.46. The number of halogens is 3. The summed E-state index contributed by atoms with van der Waals surface area (Å²) in [5.74, 6) is 1.82. The van der Waals surface area contributed by atoms with Crippen molar-refractivity contribution in [1.82, 2.24) is 9.78 Å². The third kappa shape index (κ3) is 2.76. The van der Waals surface area contributed by atoms with Gasteiger partial charge < -0.3 is 5.73 Å². The zero-order valence-electron chi connectivity index (χ0n) is 8.17. The summed E-state index contributed by atoms with van der Waals surface area (Å²) < 4.78 is 38.5. The highest BCUT2D eigenvalue weighted by Gasteiger charge is 2.37. The van der Waals surface area contributed by atoms with Gasteiger partial charge >= 0.3 is 6.18 Å². The van der Waals surface area contributed by atoms with Gasteiger partial charge in [0.2, 0.25) is 0 Å². The Morgan fingerprint density at radius 3 is 2.69 bits per heavy atom. The van der Waals surface area contributed by atoms with Crippen LogP contribution < -0.4 is 5.73 Å². The van der Waals surface area contributed by atoms with Crippen molar-refractivity contribution in [1.29, 1.82) is 5.41 Å². The fourth-order valence-electron chi connectivity index (χ4n) is 1.21. The van der Waals surface area contributed by atoms with Gasteiger partial charge in [-0.25, -0.2) is 0 Å². The van der Waals surface area contributed by atoms with Gasteiger partial charge in [0, 0.05) is 18.2 Å². The largest absolute Gasteiger partial charge is 0.435 e. The quantitative estimate of drug-likeness (QED) is 0.462. The van der Waals surface area contributed by atoms with E-state index >= 15 is 0 Å². The van der Waals surface area contributed by atoms with Crippen LogP contribution in [0.4, 0.5) is 13.2 Å². The van der Waals surface area contributed by atoms with E-state index in [1.165, 1.54) is 0 Å². The lowest BCUT2D eigenvalue weighted by atomic mass is 10.1. The number of hydrogen-bond acceptors (Lipinski definition) is 2. The van der Waals surface area contributed by atoms with Gasteiger partial charge in [0.15, 0.2) is 5.69 Å². The maximum atomic E-state index is 12.5. The second kappa shape index (κ2) is 4.26. The van der Waals surface area contributed by atoms with E-state index in [4.69, 9.17) is 17.6 Å². The van der Waals surface area contributed by atoms with E-state index in [0.717, 1.165) is 10.9 Å². The highest BCUT2D eigenvalue weighted by atomic mass is 19.4. The van der Waals surface area contributed by atoms with Crippen molar-refractivity contribution >= 4 is 5.84 Å². The monoisotopic (exact) mass is 230 g/mol. The molecule has 7 heteroatoms. The predicted molar refractivity (Wildman–Crippen MR) is 51.7 cm³/mol. The first-order valence-corrected chi connectivity index (χ1v) is 4.24. The molecule has 0 saturated heterocycles. The molecule has 0 aromatic carbocycles. The Morgan fingerprint density at radius 1 is 1.62 bits per heavy atom. The lowest BCUT2D eigenvalue weighted by molar-refractivity contribution is -0.142. The summed E-state index contributed by atoms with van der Waals surface area (Å²) in [6.07, 6.45) is 1.27. The van der Waals surface area contributed by atoms with Crippen molar-refractivity contribution in [3.05, 3.63) is 17.5 Å². The van der Waals surface area contributed by atoms with Crippen LogP contribution in [-0.4, -0.2) is 15.6 Å². The molecule has 0 aliphatic rings. The number of nitrogens with one attached hydrogen (secondary N) is 1. The molecule has 86 valence electrons. The first-order chi connectivity index (χ1) is 7.34. The number of nitrogens with zero attached hydrogens (tertiary/aromatic N) is 2. The Bertz CT molecular complexity index is 439. The molecule has 0 bridgehead atoms. The van der Waals surface area contributed by atoms with Gasteiger partial charge in [0.25, 0.3) is 0 Å². The number of aromatic nitrogens is 2. The third-order valence-electron chi connectivity index (χ3n) is 1.74. The lowest BCUT2D eigenvalue weighted by Crippen LogP contribution is -2.16. The normalized spacial score (nSPS) is 11.1. The van der Waals surface area contributed by atoms with Crippen LogP contribution in [0.25, 0.3) is 0 Å². The van der Waals surface area contributed by atoms with Gasteiger partial charge in [-0.3, -0.25) is 10.1 Å². The van der Waals surface area contributed by atoms with Gasteiger partial charge in [-0.15, -0.1) is 6.42 Å². The van der Waals surface area contributed by atoms with Crippen LogP contribution >= 0.6 is 0 Å². The molecule has 0 spiro atoms. The van der Waals surface area contributed by atoms with Gasteiger partial charge in [-0.1, -0.05) is 5.92 Å². The maximum absolute atomic E-state index is 12.5. The summed E-state index contributed by atoms with van der Waals surface area (Å²) in [6, 6.07) is 0. The summed E-state index contributed by atoms with van der Waals surface area (Å²) in [4.78, 5) is 0. The molecule has 0 radical (unpaired) electrons. The van der Waals surface area contributed by atoms with Gasteiger partial charge in [0.1, 0.15) is 6.54 Å². The van der Waals surface area contributed by atoms with Crippen molar-refractivity contribution in [2.24, 2.45) is 5.73 Å². The molecule has 0 amide bonds. The van der Waals surface area contributed by atoms with Crippen molar-refractivity contribution in [2.75, 3.05) is 0 Å². The van der Waals surface area contributed by atoms with Crippen molar-refractivity contribution < 1.29 is 13.2 Å². The van der Waals surface area contributed by atoms with E-state index in [-0.39, 0.29) is 24.4 Å². The molecule has 0 saturated carbocycles. The summed E-state index contributed by atoms with van der Waals surface area (Å²) >= 11 is 0. The Hall–Kier alpha value is -1.97. The number of amidine groups is 1. The Kier molecular flexibility index (Phi) is 3.22. The van der Waals surface area contributed by atoms with Crippen LogP contribution in [0.15, 0.2) is 6.20 Å². The predicted octanol–water partition coefficient (Wildman–Crippen LogP) is 1.01. The molecule has 1 aromatic rings. The molecular formula is C9H9F3N4. The van der Waals surface area contributed by atoms with Crippen LogP contribution in [0.2, 0.25) is 0 Å². The molecule has 16 heavy (non-hydrogen) atoms. The molecule has 3 N–H and O–H groups in total. The molecule has 1 rings (SSSR count). The SMILES string of the molecule is C#CCn1cc(CC(=N)N)c(C(F)(F)F)n1. The molecular weight excluding hydrogens is 221 g/mol. The molecule has 1 heterocycles. The molecule has 4 nitrogen and oxygen atoms in total. The maximum Gasteiger partial charge on any atom is 0.435 e. The van der Waals surface area contributed by atoms with Crippen molar-refractivity contribution in [2.45, 2.75) is 19.1 Å². The molecule has 0 unspecified atom stereocenters. The van der Waals surface area contributed by atoms with Crippen LogP contribution in [0, 0.1) is 17.8 Å². The minimum Gasteiger partial charge on any atom is -0.387 e. The zero-order valence-corrected chi connectivity index (χ0v) is 8.17. The third-order valence-corrected chi connectivity index (χ3v) is 1.74. The highest BCUT2D eigenvalue weighted by molar-refractivity contribution is 5.79. The van der Waals surface area contributed by atoms with E-state index in [1.807, 2.05) is 0 Å². The smallest absolute Gasteiger partial charge is 0.387 e. The van der Waals surface area contributed by atoms with Crippen LogP contribution in [0.5, 0.6) is 0 Å². The highest BCUT2D eigenvalue weighted by Crippen LogP contribution is 2.30. The Morgan fingerprint density at radius 2 is 2.25 bits per heavy atom. The lowest BCUT2D eigenvalue weighted by Gasteiger charge is -2.04. The van der Waals surface area contributed by atoms with Crippen molar-refractivity contribution in [3.8, 4) is 12.3 Å². The molecule has 0 fully saturated rings. The minimum absolute atomic E-state index is 0.0546. The van der Waals surface area contributed by atoms with Crippen LogP contribution in [0.3, 0.4) is 0 Å². The minimum atomic E-state index is -4.56. The molecule has 1 aromatic heterocycles. The second-order valence-corrected chi connectivity index (χ2v) is 3.10. The van der Waals surface area contributed by atoms with Crippen LogP contribution in [0.1, 0.15) is 11.3 Å². The van der Waals surface area contributed by atoms with Gasteiger partial charge in [0.05, 0.1) is 5.84 Å². The number of rotatable bonds is 3. The van der Waals surface area contributed by atoms with E-state index in [1.54, 1.807) is 0 Å². The van der Waals surface area contributed by atoms with E-state index in [2.05, 4.69) is 11.0 Å². The van der Waals surface area contributed by atoms with Crippen molar-refractivity contribution in [3.63, 3.8) is 0 Å². The zero-order chi connectivity index (χ0) is 12.3. The number of terminal acetylenes is 1. The van der Waals surface area contributed by atoms with E-state index in [0.29, 0.717) is 0 Å². The number of nitrogens with two attached hydrogens (primary N) is 1. The number of hydrogen-bond donors (Lipinski definition) is 2. The standard InChI is InChI=1S/C9H9F3N4/c1-2-3-16-5-6(4-7(13)14)8(15-16)9(10,11)12/h1,5H,3-4H2,(H3,13,14).